The molecule has 76 valence electrons. The van der Waals surface area contributed by atoms with Gasteiger partial charge in [0.1, 0.15) is 6.10 Å². The zero-order valence-electron chi connectivity index (χ0n) is 8.01. The van der Waals surface area contributed by atoms with Gasteiger partial charge in [0, 0.05) is 5.57 Å². The molecule has 15 heavy (non-hydrogen) atoms. The number of fused-ring (bicyclic) bond motifs is 3. The summed E-state index contributed by atoms with van der Waals surface area (Å²) in [5.41, 5.74) is 2.13. The molecule has 1 N–H and O–H groups in total. The topological polar surface area (TPSA) is 46.5 Å². The van der Waals surface area contributed by atoms with Crippen molar-refractivity contribution in [3.8, 4) is 0 Å². The molecule has 3 nitrogen and oxygen atoms in total. The van der Waals surface area contributed by atoms with E-state index in [0.29, 0.717) is 5.57 Å². The van der Waals surface area contributed by atoms with Crippen LogP contribution in [0.1, 0.15) is 23.3 Å². The molecule has 0 unspecified atom stereocenters. The lowest BCUT2D eigenvalue weighted by Crippen LogP contribution is -2.08. The molecule has 1 saturated heterocycles. The van der Waals surface area contributed by atoms with Crippen LogP contribution in [0.25, 0.3) is 0 Å². The number of hydrogen-bond acceptors (Lipinski definition) is 3. The van der Waals surface area contributed by atoms with Crippen molar-refractivity contribution < 1.29 is 14.6 Å². The fourth-order valence-corrected chi connectivity index (χ4v) is 2.43. The molecule has 1 heterocycles. The summed E-state index contributed by atoms with van der Waals surface area (Å²) in [5.74, 6) is -0.687. The van der Waals surface area contributed by atoms with E-state index in [1.54, 1.807) is 0 Å². The second kappa shape index (κ2) is 2.70. The Morgan fingerprint density at radius 3 is 2.67 bits per heavy atom. The molecular weight excluding hydrogens is 192 g/mol. The van der Waals surface area contributed by atoms with Crippen LogP contribution in [0.4, 0.5) is 0 Å². The molecule has 1 aliphatic carbocycles. The summed E-state index contributed by atoms with van der Waals surface area (Å²) < 4.78 is 5.20. The largest absolute Gasteiger partial charge is 0.453 e. The molecule has 0 spiro atoms. The van der Waals surface area contributed by atoms with Gasteiger partial charge >= 0.3 is 5.97 Å². The Morgan fingerprint density at radius 1 is 1.27 bits per heavy atom. The number of carbonyl (C=O) groups is 1. The minimum absolute atomic E-state index is 0.296. The van der Waals surface area contributed by atoms with E-state index in [9.17, 15) is 9.90 Å². The normalized spacial score (nSPS) is 32.5. The molecule has 3 heteroatoms. The highest BCUT2D eigenvalue weighted by Gasteiger charge is 2.50. The van der Waals surface area contributed by atoms with Crippen LogP contribution in [0.15, 0.2) is 36.4 Å². The summed E-state index contributed by atoms with van der Waals surface area (Å²) in [7, 11) is 0. The van der Waals surface area contributed by atoms with E-state index >= 15 is 0 Å². The van der Waals surface area contributed by atoms with Gasteiger partial charge in [0.05, 0.1) is 12.0 Å². The number of ether oxygens (including phenoxy) is 1. The summed E-state index contributed by atoms with van der Waals surface area (Å²) in [4.78, 5) is 11.3. The number of esters is 1. The third kappa shape index (κ3) is 0.957. The van der Waals surface area contributed by atoms with E-state index in [-0.39, 0.29) is 12.0 Å². The maximum Gasteiger partial charge on any atom is 0.334 e. The molecule has 3 atom stereocenters. The molecule has 0 radical (unpaired) electrons. The first kappa shape index (κ1) is 8.68. The van der Waals surface area contributed by atoms with Gasteiger partial charge in [0.15, 0.2) is 0 Å². The zero-order chi connectivity index (χ0) is 10.6. The highest BCUT2D eigenvalue weighted by molar-refractivity contribution is 5.91. The Kier molecular flexibility index (Phi) is 1.56. The highest BCUT2D eigenvalue weighted by Crippen LogP contribution is 2.52. The molecule has 0 bridgehead atoms. The molecule has 0 aromatic heterocycles. The van der Waals surface area contributed by atoms with Crippen molar-refractivity contribution in [1.29, 1.82) is 0 Å². The van der Waals surface area contributed by atoms with Crippen LogP contribution < -0.4 is 0 Å². The first-order chi connectivity index (χ1) is 7.20. The number of carbonyl (C=O) groups excluding carboxylic acids is 1. The van der Waals surface area contributed by atoms with Crippen molar-refractivity contribution in [1.82, 2.24) is 0 Å². The van der Waals surface area contributed by atoms with Crippen molar-refractivity contribution in [2.75, 3.05) is 0 Å². The van der Waals surface area contributed by atoms with Gasteiger partial charge in [-0.15, -0.1) is 0 Å². The van der Waals surface area contributed by atoms with Crippen LogP contribution in [0.3, 0.4) is 0 Å². The third-order valence-electron chi connectivity index (χ3n) is 3.19. The second-order valence-electron chi connectivity index (χ2n) is 3.95. The molecule has 1 aromatic rings. The van der Waals surface area contributed by atoms with Gasteiger partial charge in [-0.2, -0.15) is 0 Å². The van der Waals surface area contributed by atoms with Gasteiger partial charge in [-0.25, -0.2) is 4.79 Å². The average Bonchev–Trinajstić information content (AvgIpc) is 2.68. The van der Waals surface area contributed by atoms with Crippen molar-refractivity contribution >= 4 is 5.97 Å². The molecule has 1 fully saturated rings. The maximum absolute atomic E-state index is 11.3. The van der Waals surface area contributed by atoms with Crippen LogP contribution in [0.2, 0.25) is 0 Å². The van der Waals surface area contributed by atoms with Crippen molar-refractivity contribution in [2.24, 2.45) is 5.92 Å². The van der Waals surface area contributed by atoms with Crippen LogP contribution in [-0.2, 0) is 9.53 Å². The lowest BCUT2D eigenvalue weighted by atomic mass is 9.96. The van der Waals surface area contributed by atoms with Crippen LogP contribution in [0, 0.1) is 5.92 Å². The summed E-state index contributed by atoms with van der Waals surface area (Å²) in [6.07, 6.45) is -0.999. The predicted molar refractivity (Wildman–Crippen MR) is 52.9 cm³/mol. The van der Waals surface area contributed by atoms with Crippen LogP contribution in [0.5, 0.6) is 0 Å². The van der Waals surface area contributed by atoms with Crippen molar-refractivity contribution in [2.45, 2.75) is 12.2 Å². The van der Waals surface area contributed by atoms with Crippen LogP contribution >= 0.6 is 0 Å². The fraction of sp³-hybridized carbons (Fsp3) is 0.250. The number of hydrogen-bond donors (Lipinski definition) is 1. The predicted octanol–water partition coefficient (Wildman–Crippen LogP) is 1.50. The monoisotopic (exact) mass is 202 g/mol. The average molecular weight is 202 g/mol. The Labute approximate surface area is 87.0 Å². The van der Waals surface area contributed by atoms with Gasteiger partial charge in [0.2, 0.25) is 0 Å². The Balaban J connectivity index is 2.16. The first-order valence-electron chi connectivity index (χ1n) is 4.87. The lowest BCUT2D eigenvalue weighted by Gasteiger charge is -2.10. The van der Waals surface area contributed by atoms with Gasteiger partial charge in [-0.1, -0.05) is 30.8 Å². The van der Waals surface area contributed by atoms with Crippen LogP contribution in [-0.4, -0.2) is 11.1 Å². The quantitative estimate of drug-likeness (QED) is 0.512. The second-order valence-corrected chi connectivity index (χ2v) is 3.95. The SMILES string of the molecule is C=C1C(=O)O[C@H]2c3ccccc3[C@@H](O)[C@@H]12. The molecular formula is C12H10O3. The van der Waals surface area contributed by atoms with E-state index in [1.807, 2.05) is 24.3 Å². The fourth-order valence-electron chi connectivity index (χ4n) is 2.43. The molecule has 3 rings (SSSR count). The minimum atomic E-state index is -0.662. The number of aliphatic hydroxyl groups excluding tert-OH is 1. The van der Waals surface area contributed by atoms with Crippen molar-refractivity contribution in [3.63, 3.8) is 0 Å². The molecule has 0 amide bonds. The van der Waals surface area contributed by atoms with Gasteiger partial charge < -0.3 is 9.84 Å². The Morgan fingerprint density at radius 2 is 1.93 bits per heavy atom. The molecule has 1 aliphatic heterocycles. The summed E-state index contributed by atoms with van der Waals surface area (Å²) in [6, 6.07) is 7.49. The smallest absolute Gasteiger partial charge is 0.334 e. The first-order valence-corrected chi connectivity index (χ1v) is 4.87. The van der Waals surface area contributed by atoms with E-state index in [4.69, 9.17) is 4.74 Å². The number of benzene rings is 1. The lowest BCUT2D eigenvalue weighted by molar-refractivity contribution is -0.139. The van der Waals surface area contributed by atoms with Gasteiger partial charge in [-0.3, -0.25) is 0 Å². The molecule has 2 aliphatic rings. The van der Waals surface area contributed by atoms with E-state index in [0.717, 1.165) is 11.1 Å². The summed E-state index contributed by atoms with van der Waals surface area (Å²) in [6.45, 7) is 3.68. The molecule has 0 saturated carbocycles. The van der Waals surface area contributed by atoms with E-state index < -0.39 is 12.1 Å². The maximum atomic E-state index is 11.3. The number of rotatable bonds is 0. The standard InChI is InChI=1S/C12H10O3/c1-6-9-10(13)7-4-2-3-5-8(7)11(9)15-12(6)14/h2-5,9-11,13H,1H2/t9-,10-,11+/m1/s1. The summed E-state index contributed by atoms with van der Waals surface area (Å²) in [5, 5.41) is 10.0. The highest BCUT2D eigenvalue weighted by atomic mass is 16.6. The van der Waals surface area contributed by atoms with E-state index in [1.165, 1.54) is 0 Å². The Hall–Kier alpha value is -1.61. The van der Waals surface area contributed by atoms with Crippen molar-refractivity contribution in [3.05, 3.63) is 47.5 Å². The Bertz CT molecular complexity index is 464. The third-order valence-corrected chi connectivity index (χ3v) is 3.19. The van der Waals surface area contributed by atoms with E-state index in [2.05, 4.69) is 6.58 Å². The van der Waals surface area contributed by atoms with Gasteiger partial charge in [0.25, 0.3) is 0 Å². The summed E-state index contributed by atoms with van der Waals surface area (Å²) >= 11 is 0. The number of aliphatic hydroxyl groups is 1. The molecule has 1 aromatic carbocycles. The van der Waals surface area contributed by atoms with Gasteiger partial charge in [-0.05, 0) is 11.1 Å². The minimum Gasteiger partial charge on any atom is -0.453 e. The zero-order valence-corrected chi connectivity index (χ0v) is 8.01.